The number of benzene rings is 2. The van der Waals surface area contributed by atoms with E-state index in [1.165, 1.54) is 0 Å². The number of halogens is 2. The normalized spacial score (nSPS) is 10.8. The Balaban J connectivity index is 2.04. The average molecular weight is 384 g/mol. The molecule has 2 aromatic rings. The summed E-state index contributed by atoms with van der Waals surface area (Å²) in [6.45, 7) is 1.96. The third kappa shape index (κ3) is 5.20. The molecule has 22 heavy (non-hydrogen) atoms. The molecule has 2 rings (SSSR count). The van der Waals surface area contributed by atoms with Gasteiger partial charge < -0.3 is 15.0 Å². The van der Waals surface area contributed by atoms with E-state index in [4.69, 9.17) is 16.3 Å². The molecule has 0 unspecified atom stereocenters. The molecule has 5 heteroatoms. The zero-order chi connectivity index (χ0) is 15.9. The lowest BCUT2D eigenvalue weighted by molar-refractivity contribution is 0.405. The van der Waals surface area contributed by atoms with E-state index >= 15 is 0 Å². The van der Waals surface area contributed by atoms with Crippen LogP contribution in [-0.2, 0) is 0 Å². The predicted molar refractivity (Wildman–Crippen MR) is 97.3 cm³/mol. The molecule has 0 spiro atoms. The molecule has 0 aliphatic heterocycles. The minimum atomic E-state index is 0.675. The zero-order valence-electron chi connectivity index (χ0n) is 12.8. The third-order valence-corrected chi connectivity index (χ3v) is 3.95. The molecular formula is C17H20BrClN2O. The van der Waals surface area contributed by atoms with Gasteiger partial charge in [0.25, 0.3) is 0 Å². The van der Waals surface area contributed by atoms with Crippen LogP contribution in [0.15, 0.2) is 46.9 Å². The molecule has 0 fully saturated rings. The van der Waals surface area contributed by atoms with Crippen LogP contribution in [-0.4, -0.2) is 32.1 Å². The van der Waals surface area contributed by atoms with Gasteiger partial charge in [0, 0.05) is 11.6 Å². The lowest BCUT2D eigenvalue weighted by Gasteiger charge is -2.15. The fourth-order valence-corrected chi connectivity index (χ4v) is 2.76. The topological polar surface area (TPSA) is 24.5 Å². The molecule has 0 saturated carbocycles. The summed E-state index contributed by atoms with van der Waals surface area (Å²) in [5.74, 6) is 1.54. The van der Waals surface area contributed by atoms with E-state index in [2.05, 4.69) is 40.2 Å². The van der Waals surface area contributed by atoms with Crippen LogP contribution in [0.25, 0.3) is 0 Å². The summed E-state index contributed by atoms with van der Waals surface area (Å²) in [6.07, 6.45) is 1.08. The predicted octanol–water partition coefficient (Wildman–Crippen LogP) is 5.26. The molecule has 0 atom stereocenters. The highest BCUT2D eigenvalue weighted by Gasteiger charge is 2.07. The molecule has 0 saturated heterocycles. The summed E-state index contributed by atoms with van der Waals surface area (Å²) in [4.78, 5) is 2.18. The Labute approximate surface area is 145 Å². The highest BCUT2D eigenvalue weighted by Crippen LogP contribution is 2.35. The summed E-state index contributed by atoms with van der Waals surface area (Å²) < 4.78 is 6.83. The molecule has 1 N–H and O–H groups in total. The minimum absolute atomic E-state index is 0.675. The minimum Gasteiger partial charge on any atom is -0.454 e. The summed E-state index contributed by atoms with van der Waals surface area (Å²) in [6, 6.07) is 13.4. The van der Waals surface area contributed by atoms with Crippen LogP contribution in [0.1, 0.15) is 6.42 Å². The van der Waals surface area contributed by atoms with E-state index in [0.29, 0.717) is 5.02 Å². The maximum Gasteiger partial charge on any atom is 0.150 e. The van der Waals surface area contributed by atoms with Crippen molar-refractivity contribution in [1.29, 1.82) is 0 Å². The van der Waals surface area contributed by atoms with E-state index in [1.54, 1.807) is 0 Å². The number of hydrogen-bond donors (Lipinski definition) is 1. The van der Waals surface area contributed by atoms with Crippen molar-refractivity contribution in [2.75, 3.05) is 32.5 Å². The third-order valence-electron chi connectivity index (χ3n) is 3.10. The molecular weight excluding hydrogens is 364 g/mol. The molecule has 0 aliphatic rings. The van der Waals surface area contributed by atoms with Crippen LogP contribution in [0.4, 0.5) is 5.69 Å². The monoisotopic (exact) mass is 382 g/mol. The van der Waals surface area contributed by atoms with Gasteiger partial charge in [-0.1, -0.05) is 23.7 Å². The van der Waals surface area contributed by atoms with Crippen molar-refractivity contribution in [2.24, 2.45) is 0 Å². The maximum atomic E-state index is 5.99. The lowest BCUT2D eigenvalue weighted by Crippen LogP contribution is -2.16. The van der Waals surface area contributed by atoms with E-state index in [9.17, 15) is 0 Å². The summed E-state index contributed by atoms with van der Waals surface area (Å²) in [7, 11) is 4.16. The second-order valence-corrected chi connectivity index (χ2v) is 6.55. The van der Waals surface area contributed by atoms with Crippen LogP contribution in [0.3, 0.4) is 0 Å². The van der Waals surface area contributed by atoms with Crippen molar-refractivity contribution in [3.63, 3.8) is 0 Å². The SMILES string of the molecule is CN(C)CCCNc1ccccc1Oc1ccc(Cl)cc1Br. The fourth-order valence-electron chi connectivity index (χ4n) is 2.00. The molecule has 118 valence electrons. The largest absolute Gasteiger partial charge is 0.454 e. The summed E-state index contributed by atoms with van der Waals surface area (Å²) >= 11 is 9.43. The summed E-state index contributed by atoms with van der Waals surface area (Å²) in [5.41, 5.74) is 0.989. The Morgan fingerprint density at radius 3 is 2.64 bits per heavy atom. The number of para-hydroxylation sites is 2. The van der Waals surface area contributed by atoms with E-state index < -0.39 is 0 Å². The van der Waals surface area contributed by atoms with Gasteiger partial charge in [0.1, 0.15) is 5.75 Å². The number of rotatable bonds is 7. The van der Waals surface area contributed by atoms with Gasteiger partial charge in [-0.3, -0.25) is 0 Å². The van der Waals surface area contributed by atoms with Gasteiger partial charge in [-0.25, -0.2) is 0 Å². The van der Waals surface area contributed by atoms with Gasteiger partial charge in [0.05, 0.1) is 10.2 Å². The van der Waals surface area contributed by atoms with Gasteiger partial charge in [-0.2, -0.15) is 0 Å². The van der Waals surface area contributed by atoms with Crippen LogP contribution in [0.2, 0.25) is 5.02 Å². The van der Waals surface area contributed by atoms with Crippen LogP contribution in [0.5, 0.6) is 11.5 Å². The Hall–Kier alpha value is -1.23. The number of nitrogens with zero attached hydrogens (tertiary/aromatic N) is 1. The van der Waals surface area contributed by atoms with Crippen molar-refractivity contribution in [3.8, 4) is 11.5 Å². The molecule has 2 aromatic carbocycles. The molecule has 0 radical (unpaired) electrons. The van der Waals surface area contributed by atoms with Crippen molar-refractivity contribution >= 4 is 33.2 Å². The standard InChI is InChI=1S/C17H20BrClN2O/c1-21(2)11-5-10-20-15-6-3-4-7-17(15)22-16-9-8-13(19)12-14(16)18/h3-4,6-9,12,20H,5,10-11H2,1-2H3. The van der Waals surface area contributed by atoms with Gasteiger partial charge in [-0.05, 0) is 73.3 Å². The van der Waals surface area contributed by atoms with E-state index in [-0.39, 0.29) is 0 Å². The Kier molecular flexibility index (Phi) is 6.55. The number of hydrogen-bond acceptors (Lipinski definition) is 3. The van der Waals surface area contributed by atoms with Crippen LogP contribution < -0.4 is 10.1 Å². The first kappa shape index (κ1) is 17.1. The molecule has 0 bridgehead atoms. The number of ether oxygens (including phenoxy) is 1. The number of nitrogens with one attached hydrogen (secondary N) is 1. The van der Waals surface area contributed by atoms with Gasteiger partial charge in [-0.15, -0.1) is 0 Å². The maximum absolute atomic E-state index is 5.99. The van der Waals surface area contributed by atoms with E-state index in [1.807, 2.05) is 42.5 Å². The van der Waals surface area contributed by atoms with Crippen molar-refractivity contribution < 1.29 is 4.74 Å². The first-order chi connectivity index (χ1) is 10.6. The highest BCUT2D eigenvalue weighted by molar-refractivity contribution is 9.10. The first-order valence-corrected chi connectivity index (χ1v) is 8.34. The van der Waals surface area contributed by atoms with Crippen LogP contribution in [0, 0.1) is 0 Å². The van der Waals surface area contributed by atoms with Gasteiger partial charge in [0.2, 0.25) is 0 Å². The second-order valence-electron chi connectivity index (χ2n) is 5.26. The van der Waals surface area contributed by atoms with Gasteiger partial charge >= 0.3 is 0 Å². The fraction of sp³-hybridized carbons (Fsp3) is 0.294. The van der Waals surface area contributed by atoms with Crippen molar-refractivity contribution in [2.45, 2.75) is 6.42 Å². The Morgan fingerprint density at radius 2 is 1.91 bits per heavy atom. The quantitative estimate of drug-likeness (QED) is 0.660. The second kappa shape index (κ2) is 8.42. The highest BCUT2D eigenvalue weighted by atomic mass is 79.9. The first-order valence-electron chi connectivity index (χ1n) is 7.17. The lowest BCUT2D eigenvalue weighted by atomic mass is 10.2. The van der Waals surface area contributed by atoms with Gasteiger partial charge in [0.15, 0.2) is 5.75 Å². The zero-order valence-corrected chi connectivity index (χ0v) is 15.1. The van der Waals surface area contributed by atoms with E-state index in [0.717, 1.165) is 41.2 Å². The molecule has 0 aromatic heterocycles. The Bertz CT molecular complexity index is 619. The average Bonchev–Trinajstić information content (AvgIpc) is 2.48. The van der Waals surface area contributed by atoms with Crippen LogP contribution >= 0.6 is 27.5 Å². The Morgan fingerprint density at radius 1 is 1.14 bits per heavy atom. The smallest absolute Gasteiger partial charge is 0.150 e. The van der Waals surface area contributed by atoms with Crippen molar-refractivity contribution in [1.82, 2.24) is 4.90 Å². The molecule has 0 heterocycles. The van der Waals surface area contributed by atoms with Crippen molar-refractivity contribution in [3.05, 3.63) is 52.0 Å². The number of anilines is 1. The molecule has 3 nitrogen and oxygen atoms in total. The molecule has 0 amide bonds. The summed E-state index contributed by atoms with van der Waals surface area (Å²) in [5, 5.41) is 4.10. The molecule has 0 aliphatic carbocycles.